The van der Waals surface area contributed by atoms with Gasteiger partial charge in [0.2, 0.25) is 11.8 Å². The van der Waals surface area contributed by atoms with Gasteiger partial charge < -0.3 is 15.0 Å². The highest BCUT2D eigenvalue weighted by molar-refractivity contribution is 5.94. The molecule has 0 aliphatic carbocycles. The van der Waals surface area contributed by atoms with Crippen molar-refractivity contribution in [2.45, 2.75) is 52.1 Å². The van der Waals surface area contributed by atoms with Gasteiger partial charge in [0.05, 0.1) is 0 Å². The van der Waals surface area contributed by atoms with Crippen molar-refractivity contribution >= 4 is 23.5 Å². The summed E-state index contributed by atoms with van der Waals surface area (Å²) in [7, 11) is 0. The lowest BCUT2D eigenvalue weighted by Crippen LogP contribution is -2.42. The molecule has 0 saturated heterocycles. The third-order valence-corrected chi connectivity index (χ3v) is 6.57. The van der Waals surface area contributed by atoms with Crippen LogP contribution in [0.1, 0.15) is 51.2 Å². The Hall–Kier alpha value is -3.41. The second kappa shape index (κ2) is 9.84. The normalized spacial score (nSPS) is 19.8. The zero-order valence-electron chi connectivity index (χ0n) is 20.1. The maximum Gasteiger partial charge on any atom is 0.335 e. The molecule has 178 valence electrons. The van der Waals surface area contributed by atoms with Crippen LogP contribution in [0.5, 0.6) is 0 Å². The number of esters is 1. The van der Waals surface area contributed by atoms with Gasteiger partial charge in [-0.05, 0) is 42.4 Å². The number of cyclic esters (lactones) is 1. The molecule has 2 heterocycles. The van der Waals surface area contributed by atoms with Crippen molar-refractivity contribution in [3.63, 3.8) is 0 Å². The van der Waals surface area contributed by atoms with E-state index in [-0.39, 0.29) is 17.8 Å². The predicted molar refractivity (Wildman–Crippen MR) is 131 cm³/mol. The van der Waals surface area contributed by atoms with Gasteiger partial charge in [-0.15, -0.1) is 0 Å². The molecule has 2 aromatic carbocycles. The van der Waals surface area contributed by atoms with Crippen molar-refractivity contribution in [2.24, 2.45) is 5.92 Å². The van der Waals surface area contributed by atoms with Crippen molar-refractivity contribution in [1.29, 1.82) is 0 Å². The van der Waals surface area contributed by atoms with E-state index in [1.807, 2.05) is 59.5 Å². The Labute approximate surface area is 201 Å². The van der Waals surface area contributed by atoms with Gasteiger partial charge in [-0.1, -0.05) is 62.4 Å². The van der Waals surface area contributed by atoms with Crippen molar-refractivity contribution < 1.29 is 19.1 Å². The van der Waals surface area contributed by atoms with E-state index < -0.39 is 5.60 Å². The summed E-state index contributed by atoms with van der Waals surface area (Å²) in [5, 5.41) is 2.83. The fourth-order valence-electron chi connectivity index (χ4n) is 5.10. The summed E-state index contributed by atoms with van der Waals surface area (Å²) >= 11 is 0. The number of carbonyl (C=O) groups is 3. The van der Waals surface area contributed by atoms with Gasteiger partial charge >= 0.3 is 5.97 Å². The first-order valence-electron chi connectivity index (χ1n) is 11.9. The number of para-hydroxylation sites is 1. The number of aryl methyl sites for hydroxylation is 1. The minimum atomic E-state index is -0.821. The molecule has 0 aromatic heterocycles. The van der Waals surface area contributed by atoms with Gasteiger partial charge in [0.25, 0.3) is 0 Å². The smallest absolute Gasteiger partial charge is 0.335 e. The quantitative estimate of drug-likeness (QED) is 0.613. The average molecular weight is 461 g/mol. The molecule has 2 amide bonds. The van der Waals surface area contributed by atoms with Gasteiger partial charge in [0, 0.05) is 43.3 Å². The molecular formula is C28H32N2O4. The van der Waals surface area contributed by atoms with Crippen LogP contribution in [0.15, 0.2) is 65.7 Å². The Balaban J connectivity index is 1.54. The second-order valence-electron chi connectivity index (χ2n) is 9.54. The van der Waals surface area contributed by atoms with Crippen LogP contribution >= 0.6 is 0 Å². The first kappa shape index (κ1) is 23.7. The van der Waals surface area contributed by atoms with Crippen LogP contribution in [0.4, 0.5) is 5.69 Å². The van der Waals surface area contributed by atoms with Crippen molar-refractivity contribution in [1.82, 2.24) is 4.90 Å². The molecule has 2 aliphatic heterocycles. The van der Waals surface area contributed by atoms with E-state index >= 15 is 0 Å². The Morgan fingerprint density at radius 3 is 2.50 bits per heavy atom. The summed E-state index contributed by atoms with van der Waals surface area (Å²) in [5.41, 5.74) is 3.46. The molecule has 0 fully saturated rings. The monoisotopic (exact) mass is 460 g/mol. The molecule has 0 radical (unpaired) electrons. The standard InChI is InChI=1S/C28H32N2O4/c1-19(2)17-28(22-10-5-4-6-11-22)24-18-30(16-15-23(24)27(33)34-28)26(32)14-13-21-9-7-8-12-25(21)29-20(3)31/h4-12,19H,13-18H2,1-3H3,(H,29,31). The van der Waals surface area contributed by atoms with Crippen LogP contribution in [0.2, 0.25) is 0 Å². The highest BCUT2D eigenvalue weighted by atomic mass is 16.6. The first-order chi connectivity index (χ1) is 16.3. The Morgan fingerprint density at radius 1 is 1.09 bits per heavy atom. The number of rotatable bonds is 7. The number of anilines is 1. The summed E-state index contributed by atoms with van der Waals surface area (Å²) in [6, 6.07) is 17.4. The fraction of sp³-hybridized carbons (Fsp3) is 0.393. The lowest BCUT2D eigenvalue weighted by atomic mass is 9.77. The van der Waals surface area contributed by atoms with Crippen molar-refractivity contribution in [3.05, 3.63) is 76.9 Å². The van der Waals surface area contributed by atoms with E-state index in [4.69, 9.17) is 4.74 Å². The molecule has 2 aromatic rings. The van der Waals surface area contributed by atoms with Gasteiger partial charge in [-0.3, -0.25) is 9.59 Å². The minimum Gasteiger partial charge on any atom is -0.446 e. The average Bonchev–Trinajstić information content (AvgIpc) is 3.09. The topological polar surface area (TPSA) is 75.7 Å². The lowest BCUT2D eigenvalue weighted by molar-refractivity contribution is -0.149. The van der Waals surface area contributed by atoms with Crippen LogP contribution < -0.4 is 5.32 Å². The van der Waals surface area contributed by atoms with E-state index in [2.05, 4.69) is 19.2 Å². The number of benzene rings is 2. The molecule has 2 aliphatic rings. The van der Waals surface area contributed by atoms with Crippen LogP contribution in [0, 0.1) is 5.92 Å². The number of nitrogens with zero attached hydrogens (tertiary/aromatic N) is 1. The fourth-order valence-corrected chi connectivity index (χ4v) is 5.10. The molecule has 6 heteroatoms. The van der Waals surface area contributed by atoms with E-state index in [9.17, 15) is 14.4 Å². The zero-order valence-corrected chi connectivity index (χ0v) is 20.1. The molecule has 6 nitrogen and oxygen atoms in total. The number of hydrogen-bond donors (Lipinski definition) is 1. The number of hydrogen-bond acceptors (Lipinski definition) is 4. The maximum atomic E-state index is 13.2. The molecule has 1 N–H and O–H groups in total. The molecular weight excluding hydrogens is 428 g/mol. The number of nitrogens with one attached hydrogen (secondary N) is 1. The zero-order chi connectivity index (χ0) is 24.3. The van der Waals surface area contributed by atoms with E-state index in [0.29, 0.717) is 44.7 Å². The van der Waals surface area contributed by atoms with Gasteiger partial charge in [0.1, 0.15) is 0 Å². The highest BCUT2D eigenvalue weighted by Crippen LogP contribution is 2.48. The minimum absolute atomic E-state index is 0.0371. The molecule has 4 rings (SSSR count). The summed E-state index contributed by atoms with van der Waals surface area (Å²) in [4.78, 5) is 39.5. The Morgan fingerprint density at radius 2 is 1.79 bits per heavy atom. The van der Waals surface area contributed by atoms with Crippen LogP contribution in [-0.4, -0.2) is 35.8 Å². The highest BCUT2D eigenvalue weighted by Gasteiger charge is 2.50. The molecule has 0 bridgehead atoms. The third-order valence-electron chi connectivity index (χ3n) is 6.57. The largest absolute Gasteiger partial charge is 0.446 e. The maximum absolute atomic E-state index is 13.2. The van der Waals surface area contributed by atoms with Crippen LogP contribution in [0.3, 0.4) is 0 Å². The first-order valence-corrected chi connectivity index (χ1v) is 11.9. The van der Waals surface area contributed by atoms with Gasteiger partial charge in [-0.2, -0.15) is 0 Å². The second-order valence-corrected chi connectivity index (χ2v) is 9.54. The Bertz CT molecular complexity index is 1120. The summed E-state index contributed by atoms with van der Waals surface area (Å²) in [6.07, 6.45) is 2.04. The van der Waals surface area contributed by atoms with Crippen LogP contribution in [0.25, 0.3) is 0 Å². The Kier molecular flexibility index (Phi) is 6.87. The summed E-state index contributed by atoms with van der Waals surface area (Å²) < 4.78 is 6.11. The van der Waals surface area contributed by atoms with Crippen molar-refractivity contribution in [3.8, 4) is 0 Å². The van der Waals surface area contributed by atoms with Gasteiger partial charge in [-0.25, -0.2) is 4.79 Å². The molecule has 34 heavy (non-hydrogen) atoms. The number of carbonyl (C=O) groups excluding carboxylic acids is 3. The summed E-state index contributed by atoms with van der Waals surface area (Å²) in [6.45, 7) is 6.62. The lowest BCUT2D eigenvalue weighted by Gasteiger charge is -2.37. The van der Waals surface area contributed by atoms with Crippen molar-refractivity contribution in [2.75, 3.05) is 18.4 Å². The predicted octanol–water partition coefficient (Wildman–Crippen LogP) is 4.60. The summed E-state index contributed by atoms with van der Waals surface area (Å²) in [5.74, 6) is -0.0512. The molecule has 0 spiro atoms. The van der Waals surface area contributed by atoms with E-state index in [1.54, 1.807) is 0 Å². The molecule has 1 unspecified atom stereocenters. The van der Waals surface area contributed by atoms with Crippen LogP contribution in [-0.2, 0) is 31.1 Å². The number of amides is 2. The SMILES string of the molecule is CC(=O)Nc1ccccc1CCC(=O)N1CCC2=C(C1)C(CC(C)C)(c1ccccc1)OC2=O. The van der Waals surface area contributed by atoms with E-state index in [1.165, 1.54) is 6.92 Å². The van der Waals surface area contributed by atoms with Gasteiger partial charge in [0.15, 0.2) is 5.60 Å². The third kappa shape index (κ3) is 4.76. The van der Waals surface area contributed by atoms with E-state index in [0.717, 1.165) is 28.0 Å². The molecule has 0 saturated carbocycles. The number of ether oxygens (including phenoxy) is 1. The molecule has 1 atom stereocenters.